The number of hydrogen-bond donors (Lipinski definition) is 2. The van der Waals surface area contributed by atoms with E-state index in [1.807, 2.05) is 52.0 Å². The smallest absolute Gasteiger partial charge is 0.336 e. The molecule has 7 nitrogen and oxygen atoms in total. The van der Waals surface area contributed by atoms with Crippen LogP contribution in [0.3, 0.4) is 0 Å². The lowest BCUT2D eigenvalue weighted by atomic mass is 9.68. The van der Waals surface area contributed by atoms with Gasteiger partial charge in [-0.15, -0.1) is 0 Å². The molecular formula is C30H34BrNO6. The van der Waals surface area contributed by atoms with Crippen LogP contribution >= 0.6 is 15.9 Å². The quantitative estimate of drug-likeness (QED) is 0.369. The Morgan fingerprint density at radius 3 is 2.50 bits per heavy atom. The van der Waals surface area contributed by atoms with Gasteiger partial charge in [-0.3, -0.25) is 4.79 Å². The number of phenolic OH excluding ortho intramolecular Hbond substituents is 1. The number of carbonyl (C=O) groups excluding carboxylic acids is 2. The van der Waals surface area contributed by atoms with Gasteiger partial charge in [-0.2, -0.15) is 0 Å². The van der Waals surface area contributed by atoms with E-state index in [-0.39, 0.29) is 35.7 Å². The van der Waals surface area contributed by atoms with E-state index in [9.17, 15) is 14.7 Å². The zero-order valence-electron chi connectivity index (χ0n) is 22.3. The zero-order valence-corrected chi connectivity index (χ0v) is 23.9. The van der Waals surface area contributed by atoms with E-state index in [1.165, 1.54) is 0 Å². The molecule has 1 heterocycles. The van der Waals surface area contributed by atoms with E-state index in [0.29, 0.717) is 34.3 Å². The Balaban J connectivity index is 1.83. The van der Waals surface area contributed by atoms with Crippen LogP contribution in [0.1, 0.15) is 57.1 Å². The van der Waals surface area contributed by atoms with Crippen LogP contribution in [0.5, 0.6) is 17.2 Å². The summed E-state index contributed by atoms with van der Waals surface area (Å²) in [6.45, 7) is 8.23. The molecule has 2 aliphatic rings. The number of rotatable bonds is 8. The summed E-state index contributed by atoms with van der Waals surface area (Å²) >= 11 is 3.42. The highest BCUT2D eigenvalue weighted by Gasteiger charge is 2.45. The third-order valence-corrected chi connectivity index (χ3v) is 7.49. The van der Waals surface area contributed by atoms with Crippen molar-refractivity contribution in [2.75, 3.05) is 20.3 Å². The van der Waals surface area contributed by atoms with Gasteiger partial charge in [0.2, 0.25) is 0 Å². The number of hydrogen-bond acceptors (Lipinski definition) is 7. The third kappa shape index (κ3) is 5.60. The lowest BCUT2D eigenvalue weighted by molar-refractivity contribution is -0.140. The fourth-order valence-corrected chi connectivity index (χ4v) is 5.59. The standard InChI is InChI=1S/C30H34BrNO6/c1-6-37-25-14-20(11-22(31)29(25)34)27-26(30(35)38-15-16(2)3)17(4)32-23-12-19(13-24(33)28(23)27)18-7-9-21(36-5)10-8-18/h7-12,14,16,19,27-28,32,34H,6,13,15H2,1-5H3. The summed E-state index contributed by atoms with van der Waals surface area (Å²) in [4.78, 5) is 27.3. The van der Waals surface area contributed by atoms with Crippen molar-refractivity contribution in [3.63, 3.8) is 0 Å². The Morgan fingerprint density at radius 1 is 1.16 bits per heavy atom. The molecule has 2 aromatic rings. The first-order valence-corrected chi connectivity index (χ1v) is 13.6. The topological polar surface area (TPSA) is 94.1 Å². The summed E-state index contributed by atoms with van der Waals surface area (Å²) in [6, 6.07) is 11.2. The van der Waals surface area contributed by atoms with E-state index < -0.39 is 17.8 Å². The van der Waals surface area contributed by atoms with Crippen molar-refractivity contribution in [3.8, 4) is 17.2 Å². The van der Waals surface area contributed by atoms with Gasteiger partial charge in [-0.25, -0.2) is 4.79 Å². The minimum Gasteiger partial charge on any atom is -0.503 e. The van der Waals surface area contributed by atoms with Gasteiger partial charge in [-0.05, 0) is 71.1 Å². The molecule has 202 valence electrons. The van der Waals surface area contributed by atoms with Gasteiger partial charge in [0.1, 0.15) is 11.5 Å². The monoisotopic (exact) mass is 583 g/mol. The molecule has 38 heavy (non-hydrogen) atoms. The van der Waals surface area contributed by atoms with Gasteiger partial charge >= 0.3 is 5.97 Å². The van der Waals surface area contributed by atoms with Crippen LogP contribution in [0.4, 0.5) is 0 Å². The average Bonchev–Trinajstić information content (AvgIpc) is 2.89. The van der Waals surface area contributed by atoms with E-state index in [1.54, 1.807) is 19.2 Å². The molecule has 3 atom stereocenters. The van der Waals surface area contributed by atoms with Crippen molar-refractivity contribution in [2.24, 2.45) is 11.8 Å². The molecule has 2 N–H and O–H groups in total. The van der Waals surface area contributed by atoms with Crippen molar-refractivity contribution in [3.05, 3.63) is 75.0 Å². The minimum atomic E-state index is -0.610. The molecule has 0 amide bonds. The Bertz CT molecular complexity index is 1280. The molecule has 2 aromatic carbocycles. The molecular weight excluding hydrogens is 550 g/mol. The summed E-state index contributed by atoms with van der Waals surface area (Å²) in [5, 5.41) is 13.9. The van der Waals surface area contributed by atoms with E-state index >= 15 is 0 Å². The number of ether oxygens (including phenoxy) is 3. The SMILES string of the molecule is CCOc1cc(C2C(C(=O)OCC(C)C)=C(C)NC3=CC(c4ccc(OC)cc4)CC(=O)C32)cc(Br)c1O. The largest absolute Gasteiger partial charge is 0.503 e. The van der Waals surface area contributed by atoms with Crippen molar-refractivity contribution in [2.45, 2.75) is 46.0 Å². The van der Waals surface area contributed by atoms with Gasteiger partial charge in [0.15, 0.2) is 11.5 Å². The molecule has 1 aliphatic heterocycles. The summed E-state index contributed by atoms with van der Waals surface area (Å²) in [5.41, 5.74) is 3.49. The fourth-order valence-electron chi connectivity index (χ4n) is 5.13. The van der Waals surface area contributed by atoms with Gasteiger partial charge in [0.25, 0.3) is 0 Å². The van der Waals surface area contributed by atoms with Gasteiger partial charge in [0.05, 0.1) is 36.3 Å². The summed E-state index contributed by atoms with van der Waals surface area (Å²) in [5.74, 6) is -0.594. The highest BCUT2D eigenvalue weighted by Crippen LogP contribution is 2.49. The molecule has 0 radical (unpaired) electrons. The first-order valence-electron chi connectivity index (χ1n) is 12.8. The first kappa shape index (κ1) is 27.8. The summed E-state index contributed by atoms with van der Waals surface area (Å²) in [7, 11) is 1.62. The second-order valence-electron chi connectivity index (χ2n) is 10.1. The lowest BCUT2D eigenvalue weighted by Crippen LogP contribution is -2.42. The molecule has 3 unspecified atom stereocenters. The predicted molar refractivity (Wildman–Crippen MR) is 148 cm³/mol. The Hall–Kier alpha value is -3.26. The van der Waals surface area contributed by atoms with Crippen LogP contribution in [0, 0.1) is 11.8 Å². The fraction of sp³-hybridized carbons (Fsp3) is 0.400. The molecule has 4 rings (SSSR count). The number of benzene rings is 2. The molecule has 0 saturated heterocycles. The van der Waals surface area contributed by atoms with Crippen molar-refractivity contribution in [1.29, 1.82) is 0 Å². The first-order chi connectivity index (χ1) is 18.1. The molecule has 0 fully saturated rings. The lowest BCUT2D eigenvalue weighted by Gasteiger charge is -2.39. The Labute approximate surface area is 232 Å². The number of phenols is 1. The van der Waals surface area contributed by atoms with E-state index in [0.717, 1.165) is 17.0 Å². The van der Waals surface area contributed by atoms with Crippen molar-refractivity contribution < 1.29 is 28.9 Å². The number of methoxy groups -OCH3 is 1. The Morgan fingerprint density at radius 2 is 1.87 bits per heavy atom. The molecule has 1 aliphatic carbocycles. The number of allylic oxidation sites excluding steroid dienone is 3. The van der Waals surface area contributed by atoms with Crippen molar-refractivity contribution in [1.82, 2.24) is 5.32 Å². The van der Waals surface area contributed by atoms with Crippen LogP contribution in [-0.4, -0.2) is 37.2 Å². The molecule has 0 aromatic heterocycles. The highest BCUT2D eigenvalue weighted by molar-refractivity contribution is 9.10. The van der Waals surface area contributed by atoms with Crippen LogP contribution in [-0.2, 0) is 14.3 Å². The summed E-state index contributed by atoms with van der Waals surface area (Å²) < 4.78 is 17.0. The maximum absolute atomic E-state index is 13.8. The number of Topliss-reactive ketones (excluding diaryl/α,β-unsaturated/α-hetero) is 1. The molecule has 0 spiro atoms. The highest BCUT2D eigenvalue weighted by atomic mass is 79.9. The second-order valence-corrected chi connectivity index (χ2v) is 10.9. The van der Waals surface area contributed by atoms with Gasteiger partial charge in [-0.1, -0.05) is 32.1 Å². The van der Waals surface area contributed by atoms with Crippen LogP contribution in [0.25, 0.3) is 0 Å². The second kappa shape index (κ2) is 11.6. The minimum absolute atomic E-state index is 0.0182. The maximum atomic E-state index is 13.8. The number of esters is 1. The predicted octanol–water partition coefficient (Wildman–Crippen LogP) is 5.98. The van der Waals surface area contributed by atoms with Crippen LogP contribution in [0.2, 0.25) is 0 Å². The van der Waals surface area contributed by atoms with Gasteiger partial charge in [0, 0.05) is 29.7 Å². The maximum Gasteiger partial charge on any atom is 0.336 e. The third-order valence-electron chi connectivity index (χ3n) is 6.89. The number of ketones is 1. The molecule has 0 bridgehead atoms. The normalized spacial score (nSPS) is 21.0. The van der Waals surface area contributed by atoms with E-state index in [2.05, 4.69) is 27.3 Å². The molecule has 0 saturated carbocycles. The zero-order chi connectivity index (χ0) is 27.6. The number of aromatic hydroxyl groups is 1. The number of fused-ring (bicyclic) bond motifs is 1. The number of nitrogens with one attached hydrogen (secondary N) is 1. The molecule has 8 heteroatoms. The average molecular weight is 585 g/mol. The van der Waals surface area contributed by atoms with E-state index in [4.69, 9.17) is 14.2 Å². The van der Waals surface area contributed by atoms with Crippen LogP contribution in [0.15, 0.2) is 63.9 Å². The summed E-state index contributed by atoms with van der Waals surface area (Å²) in [6.07, 6.45) is 2.38. The van der Waals surface area contributed by atoms with Gasteiger partial charge < -0.3 is 24.6 Å². The number of halogens is 1. The van der Waals surface area contributed by atoms with Crippen LogP contribution < -0.4 is 14.8 Å². The number of carbonyl (C=O) groups is 2. The Kier molecular flexibility index (Phi) is 8.51. The van der Waals surface area contributed by atoms with Crippen molar-refractivity contribution >= 4 is 27.7 Å².